The third-order valence-electron chi connectivity index (χ3n) is 6.65. The molecule has 1 aliphatic rings. The number of Topliss-reactive ketones (excluding diaryl/α,β-unsaturated/α-hetero) is 1. The maximum absolute atomic E-state index is 13.2. The maximum Gasteiger partial charge on any atom is 0.416 e. The van der Waals surface area contributed by atoms with Crippen molar-refractivity contribution in [3.05, 3.63) is 71.4 Å². The molecular formula is C27H25F6NO. The van der Waals surface area contributed by atoms with Crippen molar-refractivity contribution in [1.82, 2.24) is 4.98 Å². The summed E-state index contributed by atoms with van der Waals surface area (Å²) < 4.78 is 77.8. The molecule has 0 saturated heterocycles. The lowest BCUT2D eigenvalue weighted by molar-refractivity contribution is -0.138. The summed E-state index contributed by atoms with van der Waals surface area (Å²) in [6, 6.07) is 10.7. The van der Waals surface area contributed by atoms with Gasteiger partial charge in [0.25, 0.3) is 0 Å². The van der Waals surface area contributed by atoms with Crippen LogP contribution in [0.4, 0.5) is 26.3 Å². The molecule has 1 fully saturated rings. The number of carbonyl (C=O) groups is 1. The van der Waals surface area contributed by atoms with Crippen molar-refractivity contribution in [1.29, 1.82) is 0 Å². The van der Waals surface area contributed by atoms with Crippen LogP contribution in [0.5, 0.6) is 0 Å². The molecule has 8 heteroatoms. The van der Waals surface area contributed by atoms with Crippen LogP contribution in [0.1, 0.15) is 66.6 Å². The van der Waals surface area contributed by atoms with Gasteiger partial charge < -0.3 is 4.98 Å². The lowest BCUT2D eigenvalue weighted by Crippen LogP contribution is -2.10. The Hall–Kier alpha value is -3.03. The molecule has 1 saturated carbocycles. The largest absolute Gasteiger partial charge is 0.416 e. The van der Waals surface area contributed by atoms with E-state index in [-0.39, 0.29) is 11.5 Å². The molecule has 3 aromatic rings. The molecule has 0 atom stereocenters. The van der Waals surface area contributed by atoms with Crippen LogP contribution < -0.4 is 0 Å². The summed E-state index contributed by atoms with van der Waals surface area (Å²) in [7, 11) is 0. The van der Waals surface area contributed by atoms with Gasteiger partial charge in [0.2, 0.25) is 0 Å². The Labute approximate surface area is 199 Å². The van der Waals surface area contributed by atoms with Crippen LogP contribution in [-0.4, -0.2) is 10.8 Å². The van der Waals surface area contributed by atoms with E-state index in [2.05, 4.69) is 4.98 Å². The normalized spacial score (nSPS) is 15.4. The number of benzene rings is 2. The molecule has 0 aliphatic heterocycles. The number of ketones is 1. The molecule has 0 amide bonds. The number of aromatic amines is 1. The van der Waals surface area contributed by atoms with E-state index in [4.69, 9.17) is 0 Å². The SMILES string of the molecule is O=C(CCC1CCCCC1)c1[nH]c(-c2ccc(C(F)(F)F)cc2)cc1-c1ccc(C(F)(F)F)cc1. The van der Waals surface area contributed by atoms with Gasteiger partial charge in [0.1, 0.15) is 0 Å². The summed E-state index contributed by atoms with van der Waals surface area (Å²) in [4.78, 5) is 16.2. The zero-order valence-corrected chi connectivity index (χ0v) is 18.9. The molecule has 0 unspecified atom stereocenters. The molecule has 1 aromatic heterocycles. The smallest absolute Gasteiger partial charge is 0.352 e. The topological polar surface area (TPSA) is 32.9 Å². The van der Waals surface area contributed by atoms with Crippen molar-refractivity contribution < 1.29 is 31.1 Å². The van der Waals surface area contributed by atoms with Gasteiger partial charge in [0.05, 0.1) is 16.8 Å². The Bertz CT molecular complexity index is 1150. The number of halogens is 6. The Kier molecular flexibility index (Phi) is 7.10. The number of hydrogen-bond acceptors (Lipinski definition) is 1. The maximum atomic E-state index is 13.2. The zero-order valence-electron chi connectivity index (χ0n) is 18.9. The van der Waals surface area contributed by atoms with Gasteiger partial charge in [-0.3, -0.25) is 4.79 Å². The van der Waals surface area contributed by atoms with Crippen LogP contribution in [0, 0.1) is 5.92 Å². The predicted molar refractivity (Wildman–Crippen MR) is 122 cm³/mol. The minimum Gasteiger partial charge on any atom is -0.352 e. The second kappa shape index (κ2) is 9.91. The van der Waals surface area contributed by atoms with Gasteiger partial charge in [-0.25, -0.2) is 0 Å². The number of rotatable bonds is 6. The monoisotopic (exact) mass is 493 g/mol. The predicted octanol–water partition coefficient (Wildman–Crippen LogP) is 8.93. The van der Waals surface area contributed by atoms with E-state index in [1.54, 1.807) is 6.07 Å². The van der Waals surface area contributed by atoms with Crippen molar-refractivity contribution >= 4 is 5.78 Å². The third kappa shape index (κ3) is 5.97. The van der Waals surface area contributed by atoms with Crippen LogP contribution in [0.25, 0.3) is 22.4 Å². The minimum atomic E-state index is -4.49. The Morgan fingerprint density at radius 3 is 1.80 bits per heavy atom. The molecule has 1 N–H and O–H groups in total. The van der Waals surface area contributed by atoms with E-state index >= 15 is 0 Å². The van der Waals surface area contributed by atoms with Gasteiger partial charge >= 0.3 is 12.4 Å². The fourth-order valence-corrected chi connectivity index (χ4v) is 4.67. The first-order valence-corrected chi connectivity index (χ1v) is 11.6. The summed E-state index contributed by atoms with van der Waals surface area (Å²) in [5.41, 5.74) is 0.391. The van der Waals surface area contributed by atoms with Crippen LogP contribution >= 0.6 is 0 Å². The van der Waals surface area contributed by atoms with Crippen LogP contribution in [0.15, 0.2) is 54.6 Å². The van der Waals surface area contributed by atoms with E-state index < -0.39 is 23.5 Å². The summed E-state index contributed by atoms with van der Waals surface area (Å²) in [6.07, 6.45) is -2.25. The average Bonchev–Trinajstić information content (AvgIpc) is 3.28. The number of alkyl halides is 6. The molecule has 2 aromatic carbocycles. The number of hydrogen-bond donors (Lipinski definition) is 1. The molecule has 1 aliphatic carbocycles. The standard InChI is InChI=1S/C27H25F6NO/c28-26(29,30)20-11-7-18(8-12-20)22-16-23(19-9-13-21(14-10-19)27(31,32)33)34-25(22)24(35)15-6-17-4-2-1-3-5-17/h7-14,16-17,34H,1-6,15H2. The molecular weight excluding hydrogens is 468 g/mol. The van der Waals surface area contributed by atoms with Gasteiger partial charge in [-0.2, -0.15) is 26.3 Å². The molecule has 186 valence electrons. The van der Waals surface area contributed by atoms with Crippen molar-refractivity contribution in [2.45, 2.75) is 57.3 Å². The minimum absolute atomic E-state index is 0.163. The average molecular weight is 493 g/mol. The van der Waals surface area contributed by atoms with E-state index in [0.717, 1.165) is 56.4 Å². The first-order valence-electron chi connectivity index (χ1n) is 11.6. The van der Waals surface area contributed by atoms with Crippen molar-refractivity contribution in [3.63, 3.8) is 0 Å². The Balaban J connectivity index is 1.66. The van der Waals surface area contributed by atoms with E-state index in [1.807, 2.05) is 0 Å². The van der Waals surface area contributed by atoms with Gasteiger partial charge in [-0.05, 0) is 53.8 Å². The number of aromatic nitrogens is 1. The molecule has 2 nitrogen and oxygen atoms in total. The summed E-state index contributed by atoms with van der Waals surface area (Å²) in [5, 5.41) is 0. The van der Waals surface area contributed by atoms with E-state index in [9.17, 15) is 31.1 Å². The van der Waals surface area contributed by atoms with Crippen LogP contribution in [0.3, 0.4) is 0 Å². The molecule has 0 spiro atoms. The summed E-state index contributed by atoms with van der Waals surface area (Å²) in [5.74, 6) is 0.315. The highest BCUT2D eigenvalue weighted by atomic mass is 19.4. The van der Waals surface area contributed by atoms with Crippen LogP contribution in [-0.2, 0) is 12.4 Å². The fraction of sp³-hybridized carbons (Fsp3) is 0.370. The second-order valence-corrected chi connectivity index (χ2v) is 9.09. The van der Waals surface area contributed by atoms with Crippen molar-refractivity contribution in [2.24, 2.45) is 5.92 Å². The molecule has 0 bridgehead atoms. The molecule has 0 radical (unpaired) electrons. The Morgan fingerprint density at radius 1 is 0.771 bits per heavy atom. The molecule has 35 heavy (non-hydrogen) atoms. The molecule has 1 heterocycles. The van der Waals surface area contributed by atoms with Crippen molar-refractivity contribution in [3.8, 4) is 22.4 Å². The van der Waals surface area contributed by atoms with Gasteiger partial charge in [-0.1, -0.05) is 56.4 Å². The first-order chi connectivity index (χ1) is 16.5. The first kappa shape index (κ1) is 25.1. The van der Waals surface area contributed by atoms with E-state index in [0.29, 0.717) is 34.7 Å². The number of H-pyrrole nitrogens is 1. The lowest BCUT2D eigenvalue weighted by Gasteiger charge is -2.20. The highest BCUT2D eigenvalue weighted by molar-refractivity contribution is 6.02. The summed E-state index contributed by atoms with van der Waals surface area (Å²) in [6.45, 7) is 0. The molecule has 4 rings (SSSR count). The third-order valence-corrected chi connectivity index (χ3v) is 6.65. The number of nitrogens with one attached hydrogen (secondary N) is 1. The highest BCUT2D eigenvalue weighted by Crippen LogP contribution is 2.36. The van der Waals surface area contributed by atoms with E-state index in [1.165, 1.54) is 30.7 Å². The second-order valence-electron chi connectivity index (χ2n) is 9.09. The quantitative estimate of drug-likeness (QED) is 0.270. The van der Waals surface area contributed by atoms with Gasteiger partial charge in [0.15, 0.2) is 5.78 Å². The van der Waals surface area contributed by atoms with Gasteiger partial charge in [-0.15, -0.1) is 0 Å². The van der Waals surface area contributed by atoms with Crippen LogP contribution in [0.2, 0.25) is 0 Å². The van der Waals surface area contributed by atoms with Gasteiger partial charge in [0, 0.05) is 17.7 Å². The zero-order chi connectivity index (χ0) is 25.2. The van der Waals surface area contributed by atoms with Crippen molar-refractivity contribution in [2.75, 3.05) is 0 Å². The summed E-state index contributed by atoms with van der Waals surface area (Å²) >= 11 is 0. The number of carbonyl (C=O) groups excluding carboxylic acids is 1. The highest BCUT2D eigenvalue weighted by Gasteiger charge is 2.31. The lowest BCUT2D eigenvalue weighted by atomic mass is 9.85. The fourth-order valence-electron chi connectivity index (χ4n) is 4.67. The Morgan fingerprint density at radius 2 is 1.29 bits per heavy atom.